The molecule has 1 aliphatic rings. The van der Waals surface area contributed by atoms with Gasteiger partial charge in [0.2, 0.25) is 10.0 Å². The Bertz CT molecular complexity index is 560. The Morgan fingerprint density at radius 2 is 2.21 bits per heavy atom. The summed E-state index contributed by atoms with van der Waals surface area (Å²) >= 11 is 0. The lowest BCUT2D eigenvalue weighted by Gasteiger charge is -2.17. The van der Waals surface area contributed by atoms with E-state index in [1.165, 1.54) is 10.4 Å². The van der Waals surface area contributed by atoms with E-state index in [-0.39, 0.29) is 10.6 Å². The lowest BCUT2D eigenvalue weighted by Crippen LogP contribution is -2.29. The zero-order valence-electron chi connectivity index (χ0n) is 11.0. The minimum atomic E-state index is -3.67. The third-order valence-corrected chi connectivity index (χ3v) is 5.46. The number of hydrogen-bond donors (Lipinski definition) is 1. The van der Waals surface area contributed by atoms with Gasteiger partial charge in [-0.05, 0) is 37.0 Å². The highest BCUT2D eigenvalue weighted by Crippen LogP contribution is 2.29. The van der Waals surface area contributed by atoms with Crippen LogP contribution < -0.4 is 5.73 Å². The molecule has 1 unspecified atom stereocenters. The number of rotatable bonds is 4. The zero-order chi connectivity index (χ0) is 14.0. The van der Waals surface area contributed by atoms with Gasteiger partial charge in [0.05, 0.1) is 5.69 Å². The fourth-order valence-corrected chi connectivity index (χ4v) is 4.19. The van der Waals surface area contributed by atoms with Crippen LogP contribution in [0.4, 0.5) is 10.1 Å². The molecular formula is C13H19FN2O2S. The number of nitrogen functional groups attached to an aromatic ring is 1. The number of anilines is 1. The maximum Gasteiger partial charge on any atom is 0.245 e. The van der Waals surface area contributed by atoms with Crippen LogP contribution in [-0.2, 0) is 10.0 Å². The summed E-state index contributed by atoms with van der Waals surface area (Å²) in [7, 11) is -3.67. The lowest BCUT2D eigenvalue weighted by molar-refractivity contribution is 0.444. The van der Waals surface area contributed by atoms with Gasteiger partial charge in [-0.25, -0.2) is 12.8 Å². The molecule has 1 fully saturated rings. The van der Waals surface area contributed by atoms with Crippen molar-refractivity contribution < 1.29 is 12.8 Å². The largest absolute Gasteiger partial charge is 0.398 e. The van der Waals surface area contributed by atoms with Gasteiger partial charge in [-0.2, -0.15) is 4.31 Å². The van der Waals surface area contributed by atoms with Crippen LogP contribution in [0.3, 0.4) is 0 Å². The SMILES string of the molecule is CCCC1CCN(S(=O)(=O)c2cc(F)ccc2N)C1. The number of sulfonamides is 1. The standard InChI is InChI=1S/C13H19FN2O2S/c1-2-3-10-6-7-16(9-10)19(17,18)13-8-11(14)4-5-12(13)15/h4-5,8,10H,2-3,6-7,9,15H2,1H3. The van der Waals surface area contributed by atoms with Crippen molar-refractivity contribution in [2.75, 3.05) is 18.8 Å². The summed E-state index contributed by atoms with van der Waals surface area (Å²) < 4.78 is 39.5. The van der Waals surface area contributed by atoms with Crippen LogP contribution >= 0.6 is 0 Å². The first kappa shape index (κ1) is 14.3. The summed E-state index contributed by atoms with van der Waals surface area (Å²) in [5.41, 5.74) is 5.76. The molecule has 1 aromatic rings. The second kappa shape index (κ2) is 5.46. The van der Waals surface area contributed by atoms with Gasteiger partial charge in [0, 0.05) is 13.1 Å². The Kier molecular flexibility index (Phi) is 4.10. The van der Waals surface area contributed by atoms with Gasteiger partial charge in [-0.3, -0.25) is 0 Å². The molecule has 1 aliphatic heterocycles. The topological polar surface area (TPSA) is 63.4 Å². The third kappa shape index (κ3) is 2.90. The molecule has 0 bridgehead atoms. The second-order valence-electron chi connectivity index (χ2n) is 4.99. The average molecular weight is 286 g/mol. The van der Waals surface area contributed by atoms with E-state index in [9.17, 15) is 12.8 Å². The normalized spacial score (nSPS) is 20.8. The molecular weight excluding hydrogens is 267 g/mol. The zero-order valence-corrected chi connectivity index (χ0v) is 11.8. The lowest BCUT2D eigenvalue weighted by atomic mass is 10.0. The molecule has 0 aliphatic carbocycles. The van der Waals surface area contributed by atoms with Crippen LogP contribution in [0.2, 0.25) is 0 Å². The summed E-state index contributed by atoms with van der Waals surface area (Å²) in [6.45, 7) is 3.08. The van der Waals surface area contributed by atoms with E-state index in [1.54, 1.807) is 0 Å². The predicted molar refractivity (Wildman–Crippen MR) is 72.6 cm³/mol. The molecule has 2 N–H and O–H groups in total. The minimum absolute atomic E-state index is 0.0975. The third-order valence-electron chi connectivity index (χ3n) is 3.54. The molecule has 6 heteroatoms. The van der Waals surface area contributed by atoms with Crippen LogP contribution in [0.25, 0.3) is 0 Å². The van der Waals surface area contributed by atoms with Gasteiger partial charge in [0.1, 0.15) is 10.7 Å². The number of hydrogen-bond acceptors (Lipinski definition) is 3. The van der Waals surface area contributed by atoms with Crippen LogP contribution in [0.15, 0.2) is 23.1 Å². The van der Waals surface area contributed by atoms with Gasteiger partial charge in [0.15, 0.2) is 0 Å². The van der Waals surface area contributed by atoms with Crippen molar-refractivity contribution in [3.8, 4) is 0 Å². The quantitative estimate of drug-likeness (QED) is 0.863. The summed E-state index contributed by atoms with van der Waals surface area (Å²) in [6, 6.07) is 3.46. The Balaban J connectivity index is 2.26. The maximum absolute atomic E-state index is 13.2. The minimum Gasteiger partial charge on any atom is -0.398 e. The number of nitrogens with two attached hydrogens (primary N) is 1. The highest BCUT2D eigenvalue weighted by atomic mass is 32.2. The van der Waals surface area contributed by atoms with Crippen molar-refractivity contribution in [3.63, 3.8) is 0 Å². The fourth-order valence-electron chi connectivity index (χ4n) is 2.53. The molecule has 1 heterocycles. The summed E-state index contributed by atoms with van der Waals surface area (Å²) in [5, 5.41) is 0. The molecule has 106 valence electrons. The van der Waals surface area contributed by atoms with E-state index >= 15 is 0 Å². The molecule has 0 saturated carbocycles. The van der Waals surface area contributed by atoms with Gasteiger partial charge in [0.25, 0.3) is 0 Å². The monoisotopic (exact) mass is 286 g/mol. The Labute approximate surface area is 113 Å². The smallest absolute Gasteiger partial charge is 0.245 e. The molecule has 4 nitrogen and oxygen atoms in total. The van der Waals surface area contributed by atoms with Gasteiger partial charge < -0.3 is 5.73 Å². The van der Waals surface area contributed by atoms with E-state index in [2.05, 4.69) is 6.92 Å². The van der Waals surface area contributed by atoms with Crippen molar-refractivity contribution in [3.05, 3.63) is 24.0 Å². The molecule has 2 rings (SSSR count). The second-order valence-corrected chi connectivity index (χ2v) is 6.89. The first-order chi connectivity index (χ1) is 8.95. The molecule has 0 aromatic heterocycles. The summed E-state index contributed by atoms with van der Waals surface area (Å²) in [6.07, 6.45) is 2.92. The first-order valence-corrected chi connectivity index (χ1v) is 7.94. The number of benzene rings is 1. The van der Waals surface area contributed by atoms with Crippen LogP contribution in [-0.4, -0.2) is 25.8 Å². The van der Waals surface area contributed by atoms with Gasteiger partial charge in [-0.1, -0.05) is 13.3 Å². The molecule has 1 aromatic carbocycles. The van der Waals surface area contributed by atoms with Crippen LogP contribution in [0.1, 0.15) is 26.2 Å². The Morgan fingerprint density at radius 3 is 2.89 bits per heavy atom. The Hall–Kier alpha value is -1.14. The molecule has 0 spiro atoms. The molecule has 1 saturated heterocycles. The Morgan fingerprint density at radius 1 is 1.47 bits per heavy atom. The molecule has 1 atom stereocenters. The van der Waals surface area contributed by atoms with E-state index < -0.39 is 15.8 Å². The van der Waals surface area contributed by atoms with E-state index in [4.69, 9.17) is 5.73 Å². The maximum atomic E-state index is 13.2. The van der Waals surface area contributed by atoms with Crippen LogP contribution in [0, 0.1) is 11.7 Å². The molecule has 0 radical (unpaired) electrons. The highest BCUT2D eigenvalue weighted by Gasteiger charge is 2.33. The van der Waals surface area contributed by atoms with Crippen LogP contribution in [0.5, 0.6) is 0 Å². The molecule has 0 amide bonds. The number of nitrogens with zero attached hydrogens (tertiary/aromatic N) is 1. The van der Waals surface area contributed by atoms with Gasteiger partial charge >= 0.3 is 0 Å². The molecule has 19 heavy (non-hydrogen) atoms. The van der Waals surface area contributed by atoms with E-state index in [1.807, 2.05) is 0 Å². The van der Waals surface area contributed by atoms with Crippen molar-refractivity contribution in [2.45, 2.75) is 31.1 Å². The van der Waals surface area contributed by atoms with Gasteiger partial charge in [-0.15, -0.1) is 0 Å². The van der Waals surface area contributed by atoms with Crippen molar-refractivity contribution >= 4 is 15.7 Å². The summed E-state index contributed by atoms with van der Waals surface area (Å²) in [5.74, 6) is -0.188. The average Bonchev–Trinajstić information content (AvgIpc) is 2.82. The summed E-state index contributed by atoms with van der Waals surface area (Å²) in [4.78, 5) is -0.121. The fraction of sp³-hybridized carbons (Fsp3) is 0.538. The van der Waals surface area contributed by atoms with E-state index in [0.717, 1.165) is 31.4 Å². The van der Waals surface area contributed by atoms with Crippen molar-refractivity contribution in [1.82, 2.24) is 4.31 Å². The first-order valence-electron chi connectivity index (χ1n) is 6.50. The number of halogens is 1. The highest BCUT2D eigenvalue weighted by molar-refractivity contribution is 7.89. The van der Waals surface area contributed by atoms with Crippen molar-refractivity contribution in [1.29, 1.82) is 0 Å². The van der Waals surface area contributed by atoms with Crippen molar-refractivity contribution in [2.24, 2.45) is 5.92 Å². The predicted octanol–water partition coefficient (Wildman–Crippen LogP) is 2.22. The van der Waals surface area contributed by atoms with E-state index in [0.29, 0.717) is 19.0 Å².